The molecule has 0 bridgehead atoms. The summed E-state index contributed by atoms with van der Waals surface area (Å²) in [6.07, 6.45) is 0. The van der Waals surface area contributed by atoms with Crippen LogP contribution in [0, 0.1) is 6.92 Å². The summed E-state index contributed by atoms with van der Waals surface area (Å²) in [5.41, 5.74) is 2.25. The number of anilines is 1. The number of carboxylic acid groups (broad SMARTS) is 1. The molecule has 0 saturated heterocycles. The van der Waals surface area contributed by atoms with Crippen molar-refractivity contribution >= 4 is 33.5 Å². The van der Waals surface area contributed by atoms with Crippen LogP contribution < -0.4 is 5.32 Å². The molecule has 0 aromatic heterocycles. The van der Waals surface area contributed by atoms with Gasteiger partial charge >= 0.3 is 5.97 Å². The highest BCUT2D eigenvalue weighted by molar-refractivity contribution is 9.10. The van der Waals surface area contributed by atoms with E-state index in [0.29, 0.717) is 11.3 Å². The van der Waals surface area contributed by atoms with Gasteiger partial charge in [-0.25, -0.2) is 4.79 Å². The fraction of sp³-hybridized carbons (Fsp3) is 0.0667. The second-order valence-electron chi connectivity index (χ2n) is 4.27. The topological polar surface area (TPSA) is 66.4 Å². The van der Waals surface area contributed by atoms with Gasteiger partial charge in [0.25, 0.3) is 5.91 Å². The number of benzene rings is 2. The van der Waals surface area contributed by atoms with Crippen molar-refractivity contribution in [3.05, 3.63) is 63.6 Å². The van der Waals surface area contributed by atoms with Gasteiger partial charge in [0.2, 0.25) is 0 Å². The molecule has 2 aromatic carbocycles. The van der Waals surface area contributed by atoms with E-state index in [-0.39, 0.29) is 11.5 Å². The number of carboxylic acids is 1. The van der Waals surface area contributed by atoms with Gasteiger partial charge < -0.3 is 10.4 Å². The number of carbonyl (C=O) groups is 2. The molecular weight excluding hydrogens is 322 g/mol. The Labute approximate surface area is 124 Å². The Bertz CT molecular complexity index is 665. The summed E-state index contributed by atoms with van der Waals surface area (Å²) < 4.78 is 0.829. The highest BCUT2D eigenvalue weighted by Crippen LogP contribution is 2.26. The molecule has 2 N–H and O–H groups in total. The first-order valence-corrected chi connectivity index (χ1v) is 6.68. The van der Waals surface area contributed by atoms with Crippen LogP contribution in [0.2, 0.25) is 0 Å². The van der Waals surface area contributed by atoms with Crippen molar-refractivity contribution in [1.29, 1.82) is 0 Å². The Kier molecular flexibility index (Phi) is 4.20. The van der Waals surface area contributed by atoms with Crippen molar-refractivity contribution in [2.75, 3.05) is 5.32 Å². The quantitative estimate of drug-likeness (QED) is 0.899. The van der Waals surface area contributed by atoms with Crippen LogP contribution in [0.4, 0.5) is 5.69 Å². The molecule has 0 radical (unpaired) electrons. The number of rotatable bonds is 3. The lowest BCUT2D eigenvalue weighted by atomic mass is 10.1. The minimum absolute atomic E-state index is 0.151. The van der Waals surface area contributed by atoms with Gasteiger partial charge in [0.05, 0.1) is 11.3 Å². The summed E-state index contributed by atoms with van der Waals surface area (Å²) in [4.78, 5) is 22.8. The molecule has 102 valence electrons. The number of nitrogens with one attached hydrogen (secondary N) is 1. The van der Waals surface area contributed by atoms with Crippen LogP contribution in [-0.4, -0.2) is 17.0 Å². The van der Waals surface area contributed by atoms with Gasteiger partial charge in [-0.1, -0.05) is 12.1 Å². The third-order valence-electron chi connectivity index (χ3n) is 2.83. The second-order valence-corrected chi connectivity index (χ2v) is 5.07. The third kappa shape index (κ3) is 3.05. The molecule has 0 aliphatic rings. The highest BCUT2D eigenvalue weighted by Gasteiger charge is 2.10. The lowest BCUT2D eigenvalue weighted by molar-refractivity contribution is 0.0696. The molecule has 0 aliphatic carbocycles. The van der Waals surface area contributed by atoms with Crippen LogP contribution in [0.3, 0.4) is 0 Å². The molecule has 1 amide bonds. The van der Waals surface area contributed by atoms with E-state index in [1.54, 1.807) is 6.07 Å². The highest BCUT2D eigenvalue weighted by atomic mass is 79.9. The maximum Gasteiger partial charge on any atom is 0.335 e. The van der Waals surface area contributed by atoms with Gasteiger partial charge in [0.1, 0.15) is 0 Å². The van der Waals surface area contributed by atoms with Crippen LogP contribution in [0.15, 0.2) is 46.9 Å². The number of aryl methyl sites for hydroxylation is 1. The lowest BCUT2D eigenvalue weighted by Crippen LogP contribution is -2.12. The van der Waals surface area contributed by atoms with Crippen LogP contribution in [-0.2, 0) is 0 Å². The van der Waals surface area contributed by atoms with E-state index >= 15 is 0 Å². The summed E-state index contributed by atoms with van der Waals surface area (Å²) >= 11 is 3.42. The Morgan fingerprint density at radius 3 is 2.25 bits per heavy atom. The molecule has 0 unspecified atom stereocenters. The van der Waals surface area contributed by atoms with E-state index in [0.717, 1.165) is 10.0 Å². The van der Waals surface area contributed by atoms with Gasteiger partial charge in [-0.15, -0.1) is 0 Å². The van der Waals surface area contributed by atoms with E-state index in [1.807, 2.05) is 19.1 Å². The fourth-order valence-corrected chi connectivity index (χ4v) is 2.07. The van der Waals surface area contributed by atoms with Gasteiger partial charge in [-0.05, 0) is 58.7 Å². The van der Waals surface area contributed by atoms with Gasteiger partial charge in [-0.3, -0.25) is 4.79 Å². The van der Waals surface area contributed by atoms with Crippen molar-refractivity contribution in [2.45, 2.75) is 6.92 Å². The van der Waals surface area contributed by atoms with Crippen LogP contribution >= 0.6 is 15.9 Å². The van der Waals surface area contributed by atoms with Crippen molar-refractivity contribution in [1.82, 2.24) is 0 Å². The fourth-order valence-electron chi connectivity index (χ4n) is 1.70. The molecule has 2 rings (SSSR count). The van der Waals surface area contributed by atoms with Gasteiger partial charge in [0, 0.05) is 10.0 Å². The Balaban J connectivity index is 2.20. The van der Waals surface area contributed by atoms with E-state index in [4.69, 9.17) is 5.11 Å². The Morgan fingerprint density at radius 2 is 1.65 bits per heavy atom. The van der Waals surface area contributed by atoms with E-state index < -0.39 is 5.97 Å². The third-order valence-corrected chi connectivity index (χ3v) is 3.89. The minimum atomic E-state index is -1.02. The number of hydrogen-bond donors (Lipinski definition) is 2. The molecule has 0 heterocycles. The number of carbonyl (C=O) groups excluding carboxylic acids is 1. The van der Waals surface area contributed by atoms with E-state index in [2.05, 4.69) is 21.2 Å². The zero-order chi connectivity index (χ0) is 14.7. The molecule has 2 aromatic rings. The molecule has 0 spiro atoms. The summed E-state index contributed by atoms with van der Waals surface area (Å²) in [6, 6.07) is 11.4. The number of amides is 1. The molecule has 4 nitrogen and oxygen atoms in total. The first kappa shape index (κ1) is 14.3. The van der Waals surface area contributed by atoms with Crippen LogP contribution in [0.1, 0.15) is 26.3 Å². The molecular formula is C15H12BrNO3. The smallest absolute Gasteiger partial charge is 0.335 e. The molecule has 0 aliphatic heterocycles. The van der Waals surface area contributed by atoms with E-state index in [9.17, 15) is 9.59 Å². The van der Waals surface area contributed by atoms with Crippen molar-refractivity contribution in [3.8, 4) is 0 Å². The maximum atomic E-state index is 12.1. The lowest BCUT2D eigenvalue weighted by Gasteiger charge is -2.09. The second kappa shape index (κ2) is 5.88. The SMILES string of the molecule is Cc1cccc(NC(=O)c2ccc(C(=O)O)cc2)c1Br. The molecule has 5 heteroatoms. The largest absolute Gasteiger partial charge is 0.478 e. The summed E-state index contributed by atoms with van der Waals surface area (Å²) in [5, 5.41) is 11.6. The van der Waals surface area contributed by atoms with Crippen LogP contribution in [0.5, 0.6) is 0 Å². The number of aromatic carboxylic acids is 1. The van der Waals surface area contributed by atoms with Crippen LogP contribution in [0.25, 0.3) is 0 Å². The van der Waals surface area contributed by atoms with Gasteiger partial charge in [-0.2, -0.15) is 0 Å². The normalized spacial score (nSPS) is 10.1. The molecule has 0 atom stereocenters. The van der Waals surface area contributed by atoms with Gasteiger partial charge in [0.15, 0.2) is 0 Å². The standard InChI is InChI=1S/C15H12BrNO3/c1-9-3-2-4-12(13(9)16)17-14(18)10-5-7-11(8-6-10)15(19)20/h2-8H,1H3,(H,17,18)(H,19,20). The predicted octanol–water partition coefficient (Wildman–Crippen LogP) is 3.71. The van der Waals surface area contributed by atoms with Crippen molar-refractivity contribution in [3.63, 3.8) is 0 Å². The summed E-state index contributed by atoms with van der Waals surface area (Å²) in [6.45, 7) is 1.93. The minimum Gasteiger partial charge on any atom is -0.478 e. The predicted molar refractivity (Wildman–Crippen MR) is 80.2 cm³/mol. The summed E-state index contributed by atoms with van der Waals surface area (Å²) in [7, 11) is 0. The first-order valence-electron chi connectivity index (χ1n) is 5.89. The van der Waals surface area contributed by atoms with E-state index in [1.165, 1.54) is 24.3 Å². The first-order chi connectivity index (χ1) is 9.49. The van der Waals surface area contributed by atoms with Crippen molar-refractivity contribution in [2.24, 2.45) is 0 Å². The zero-order valence-corrected chi connectivity index (χ0v) is 12.3. The number of hydrogen-bond acceptors (Lipinski definition) is 2. The zero-order valence-electron chi connectivity index (χ0n) is 10.7. The molecule has 0 saturated carbocycles. The Hall–Kier alpha value is -2.14. The average Bonchev–Trinajstić information content (AvgIpc) is 2.44. The monoisotopic (exact) mass is 333 g/mol. The Morgan fingerprint density at radius 1 is 1.05 bits per heavy atom. The molecule has 0 fully saturated rings. The van der Waals surface area contributed by atoms with Crippen molar-refractivity contribution < 1.29 is 14.7 Å². The summed E-state index contributed by atoms with van der Waals surface area (Å²) in [5.74, 6) is -1.30. The maximum absolute atomic E-state index is 12.1. The number of halogens is 1. The average molecular weight is 334 g/mol. The molecule has 20 heavy (non-hydrogen) atoms.